The smallest absolute Gasteiger partial charge is 0.352 e. The molecular weight excluding hydrogens is 321 g/mol. The first kappa shape index (κ1) is 16.8. The number of rotatable bonds is 2. The number of carbonyl (C=O) groups is 2. The van der Waals surface area contributed by atoms with Crippen LogP contribution >= 0.6 is 0 Å². The molecule has 130 valence electrons. The molecule has 1 aliphatic carbocycles. The van der Waals surface area contributed by atoms with E-state index in [0.717, 1.165) is 17.7 Å². The number of hydrogen-bond donors (Lipinski definition) is 1. The van der Waals surface area contributed by atoms with Crippen molar-refractivity contribution < 1.29 is 22.8 Å². The Balaban J connectivity index is 1.71. The van der Waals surface area contributed by atoms with Gasteiger partial charge >= 0.3 is 6.18 Å². The van der Waals surface area contributed by atoms with Gasteiger partial charge in [-0.15, -0.1) is 0 Å². The van der Waals surface area contributed by atoms with E-state index in [-0.39, 0.29) is 23.7 Å². The van der Waals surface area contributed by atoms with Crippen LogP contribution in [0.1, 0.15) is 37.3 Å². The number of halogens is 3. The molecule has 1 N–H and O–H groups in total. The second-order valence-electron chi connectivity index (χ2n) is 6.87. The lowest BCUT2D eigenvalue weighted by atomic mass is 9.97. The molecule has 2 fully saturated rings. The molecule has 7 heteroatoms. The van der Waals surface area contributed by atoms with Gasteiger partial charge in [-0.05, 0) is 43.9 Å². The summed E-state index contributed by atoms with van der Waals surface area (Å²) < 4.78 is 37.8. The van der Waals surface area contributed by atoms with E-state index in [1.54, 1.807) is 18.7 Å². The first-order chi connectivity index (χ1) is 11.1. The van der Waals surface area contributed by atoms with Crippen LogP contribution in [0.25, 0.3) is 0 Å². The number of piperazine rings is 1. The summed E-state index contributed by atoms with van der Waals surface area (Å²) in [5.74, 6) is -0.610. The van der Waals surface area contributed by atoms with Crippen molar-refractivity contribution >= 4 is 11.8 Å². The molecule has 2 amide bonds. The SMILES string of the molecule is CC1(C)C(=O)NCCN1C(=O)[C@@H]1C[C@@H]1c1ccc(C(F)(F)F)cc1. The molecule has 3 rings (SSSR count). The predicted molar refractivity (Wildman–Crippen MR) is 81.1 cm³/mol. The molecule has 4 nitrogen and oxygen atoms in total. The summed E-state index contributed by atoms with van der Waals surface area (Å²) in [6, 6.07) is 4.98. The minimum Gasteiger partial charge on any atom is -0.352 e. The van der Waals surface area contributed by atoms with E-state index in [9.17, 15) is 22.8 Å². The fourth-order valence-corrected chi connectivity index (χ4v) is 3.24. The first-order valence-corrected chi connectivity index (χ1v) is 7.89. The lowest BCUT2D eigenvalue weighted by Gasteiger charge is -2.41. The van der Waals surface area contributed by atoms with Crippen LogP contribution in [0.5, 0.6) is 0 Å². The van der Waals surface area contributed by atoms with Gasteiger partial charge in [-0.25, -0.2) is 0 Å². The summed E-state index contributed by atoms with van der Waals surface area (Å²) in [6.45, 7) is 4.28. The minimum atomic E-state index is -4.36. The quantitative estimate of drug-likeness (QED) is 0.899. The topological polar surface area (TPSA) is 49.4 Å². The van der Waals surface area contributed by atoms with E-state index in [1.165, 1.54) is 12.1 Å². The van der Waals surface area contributed by atoms with Crippen molar-refractivity contribution in [2.45, 2.75) is 37.9 Å². The second-order valence-corrected chi connectivity index (χ2v) is 6.87. The van der Waals surface area contributed by atoms with Crippen LogP contribution in [0.2, 0.25) is 0 Å². The molecule has 1 saturated heterocycles. The van der Waals surface area contributed by atoms with E-state index in [1.807, 2.05) is 0 Å². The molecule has 2 atom stereocenters. The lowest BCUT2D eigenvalue weighted by Crippen LogP contribution is -2.63. The number of nitrogens with one attached hydrogen (secondary N) is 1. The molecule has 1 saturated carbocycles. The zero-order valence-corrected chi connectivity index (χ0v) is 13.5. The van der Waals surface area contributed by atoms with Crippen LogP contribution in [0.4, 0.5) is 13.2 Å². The highest BCUT2D eigenvalue weighted by Crippen LogP contribution is 2.49. The fourth-order valence-electron chi connectivity index (χ4n) is 3.24. The highest BCUT2D eigenvalue weighted by molar-refractivity contribution is 5.93. The normalized spacial score (nSPS) is 26.0. The van der Waals surface area contributed by atoms with Crippen molar-refractivity contribution in [2.75, 3.05) is 13.1 Å². The summed E-state index contributed by atoms with van der Waals surface area (Å²) in [5.41, 5.74) is -0.855. The molecule has 24 heavy (non-hydrogen) atoms. The van der Waals surface area contributed by atoms with Gasteiger partial charge < -0.3 is 10.2 Å². The summed E-state index contributed by atoms with van der Waals surface area (Å²) in [5, 5.41) is 2.74. The van der Waals surface area contributed by atoms with Crippen molar-refractivity contribution in [1.29, 1.82) is 0 Å². The van der Waals surface area contributed by atoms with Crippen LogP contribution in [-0.4, -0.2) is 35.3 Å². The maximum absolute atomic E-state index is 12.7. The number of nitrogens with zero attached hydrogens (tertiary/aromatic N) is 1. The molecule has 0 radical (unpaired) electrons. The molecule has 0 bridgehead atoms. The molecular formula is C17H19F3N2O2. The summed E-state index contributed by atoms with van der Waals surface area (Å²) in [4.78, 5) is 26.2. The predicted octanol–water partition coefficient (Wildman–Crippen LogP) is 2.55. The maximum atomic E-state index is 12.7. The van der Waals surface area contributed by atoms with Crippen molar-refractivity contribution in [3.63, 3.8) is 0 Å². The van der Waals surface area contributed by atoms with Gasteiger partial charge in [0.25, 0.3) is 0 Å². The number of carbonyl (C=O) groups excluding carboxylic acids is 2. The maximum Gasteiger partial charge on any atom is 0.416 e. The third-order valence-electron chi connectivity index (χ3n) is 4.89. The van der Waals surface area contributed by atoms with Crippen LogP contribution in [0.3, 0.4) is 0 Å². The van der Waals surface area contributed by atoms with E-state index in [0.29, 0.717) is 19.5 Å². The monoisotopic (exact) mass is 340 g/mol. The summed E-state index contributed by atoms with van der Waals surface area (Å²) >= 11 is 0. The number of hydrogen-bond acceptors (Lipinski definition) is 2. The van der Waals surface area contributed by atoms with Gasteiger partial charge in [0, 0.05) is 19.0 Å². The van der Waals surface area contributed by atoms with Crippen LogP contribution in [0.15, 0.2) is 24.3 Å². The van der Waals surface area contributed by atoms with Gasteiger partial charge in [0.2, 0.25) is 11.8 Å². The summed E-state index contributed by atoms with van der Waals surface area (Å²) in [6.07, 6.45) is -3.75. The van der Waals surface area contributed by atoms with Gasteiger partial charge in [-0.1, -0.05) is 12.1 Å². The van der Waals surface area contributed by atoms with Crippen molar-refractivity contribution in [1.82, 2.24) is 10.2 Å². The Kier molecular flexibility index (Phi) is 3.85. The lowest BCUT2D eigenvalue weighted by molar-refractivity contribution is -0.150. The molecule has 1 aliphatic heterocycles. The zero-order valence-electron chi connectivity index (χ0n) is 13.5. The average Bonchev–Trinajstić information content (AvgIpc) is 3.29. The number of amides is 2. The Bertz CT molecular complexity index is 667. The molecule has 0 unspecified atom stereocenters. The van der Waals surface area contributed by atoms with Crippen molar-refractivity contribution in [3.05, 3.63) is 35.4 Å². The van der Waals surface area contributed by atoms with Gasteiger partial charge in [0.05, 0.1) is 5.56 Å². The second kappa shape index (κ2) is 5.50. The Morgan fingerprint density at radius 1 is 1.25 bits per heavy atom. The van der Waals surface area contributed by atoms with Crippen LogP contribution in [-0.2, 0) is 15.8 Å². The molecule has 1 heterocycles. The van der Waals surface area contributed by atoms with Crippen LogP contribution in [0, 0.1) is 5.92 Å². The number of alkyl halides is 3. The molecule has 0 spiro atoms. The van der Waals surface area contributed by atoms with Gasteiger partial charge in [-0.3, -0.25) is 9.59 Å². The zero-order chi connectivity index (χ0) is 17.7. The van der Waals surface area contributed by atoms with Gasteiger partial charge in [-0.2, -0.15) is 13.2 Å². The fraction of sp³-hybridized carbons (Fsp3) is 0.529. The Morgan fingerprint density at radius 3 is 2.46 bits per heavy atom. The Morgan fingerprint density at radius 2 is 1.88 bits per heavy atom. The van der Waals surface area contributed by atoms with E-state index < -0.39 is 17.3 Å². The molecule has 0 aromatic heterocycles. The third-order valence-corrected chi connectivity index (χ3v) is 4.89. The minimum absolute atomic E-state index is 0.0689. The van der Waals surface area contributed by atoms with E-state index in [2.05, 4.69) is 5.32 Å². The standard InChI is InChI=1S/C17H19F3N2O2/c1-16(2)15(24)21-7-8-22(16)14(23)13-9-12(13)10-3-5-11(6-4-10)17(18,19)20/h3-6,12-13H,7-9H2,1-2H3,(H,21,24)/t12-,13-/m1/s1. The van der Waals surface area contributed by atoms with Gasteiger partial charge in [0.1, 0.15) is 5.54 Å². The van der Waals surface area contributed by atoms with Crippen LogP contribution < -0.4 is 5.32 Å². The highest BCUT2D eigenvalue weighted by atomic mass is 19.4. The first-order valence-electron chi connectivity index (χ1n) is 7.89. The Hall–Kier alpha value is -2.05. The van der Waals surface area contributed by atoms with Crippen molar-refractivity contribution in [3.8, 4) is 0 Å². The average molecular weight is 340 g/mol. The van der Waals surface area contributed by atoms with E-state index in [4.69, 9.17) is 0 Å². The summed E-state index contributed by atoms with van der Waals surface area (Å²) in [7, 11) is 0. The molecule has 2 aliphatic rings. The largest absolute Gasteiger partial charge is 0.416 e. The molecule has 1 aromatic carbocycles. The van der Waals surface area contributed by atoms with Crippen molar-refractivity contribution in [2.24, 2.45) is 5.92 Å². The third kappa shape index (κ3) is 2.87. The Labute approximate surface area is 138 Å². The number of benzene rings is 1. The van der Waals surface area contributed by atoms with Gasteiger partial charge in [0.15, 0.2) is 0 Å². The van der Waals surface area contributed by atoms with E-state index >= 15 is 0 Å². The molecule has 1 aromatic rings. The highest BCUT2D eigenvalue weighted by Gasteiger charge is 2.50.